The van der Waals surface area contributed by atoms with Crippen molar-refractivity contribution in [2.24, 2.45) is 80.8 Å². The predicted molar refractivity (Wildman–Crippen MR) is 235 cm³/mol. The van der Waals surface area contributed by atoms with Crippen molar-refractivity contribution in [3.63, 3.8) is 0 Å². The fourth-order valence-corrected chi connectivity index (χ4v) is 17.0. The van der Waals surface area contributed by atoms with Gasteiger partial charge in [-0.05, 0) is 222 Å². The Labute approximate surface area is 334 Å². The molecule has 8 aliphatic carbocycles. The molecule has 0 heterocycles. The van der Waals surface area contributed by atoms with Crippen molar-refractivity contribution in [1.29, 1.82) is 0 Å². The monoisotopic (exact) mass is 733 g/mol. The van der Waals surface area contributed by atoms with E-state index in [1.54, 1.807) is 102 Å². The Morgan fingerprint density at radius 1 is 0.472 bits per heavy atom. The van der Waals surface area contributed by atoms with Crippen molar-refractivity contribution in [2.45, 2.75) is 243 Å². The number of rotatable bonds is 9. The third-order valence-electron chi connectivity index (χ3n) is 19.9. The van der Waals surface area contributed by atoms with Gasteiger partial charge in [0.05, 0.1) is 0 Å². The molecule has 308 valence electrons. The first-order valence-corrected chi connectivity index (χ1v) is 25.3. The van der Waals surface area contributed by atoms with Crippen LogP contribution >= 0.6 is 0 Å². The highest BCUT2D eigenvalue weighted by Crippen LogP contribution is 2.69. The lowest BCUT2D eigenvalue weighted by atomic mass is 9.45. The highest BCUT2D eigenvalue weighted by Gasteiger charge is 2.60. The minimum atomic E-state index is 0.646. The van der Waals surface area contributed by atoms with Crippen LogP contribution in [0.25, 0.3) is 0 Å². The molecule has 8 fully saturated rings. The average Bonchev–Trinajstić information content (AvgIpc) is 3.69. The van der Waals surface area contributed by atoms with Crippen LogP contribution in [0.4, 0.5) is 0 Å². The van der Waals surface area contributed by atoms with Crippen molar-refractivity contribution in [3.05, 3.63) is 12.2 Å². The minimum absolute atomic E-state index is 0.646. The molecule has 0 spiro atoms. The number of hydrogen-bond acceptors (Lipinski definition) is 0. The lowest BCUT2D eigenvalue weighted by Crippen LogP contribution is -2.52. The second kappa shape index (κ2) is 19.0. The first kappa shape index (κ1) is 43.9. The molecule has 0 saturated heterocycles. The average molecular weight is 733 g/mol. The van der Waals surface area contributed by atoms with Gasteiger partial charge in [0, 0.05) is 0 Å². The molecule has 8 saturated carbocycles. The van der Waals surface area contributed by atoms with Gasteiger partial charge in [-0.1, -0.05) is 113 Å². The zero-order valence-corrected chi connectivity index (χ0v) is 38.1. The number of fused-ring (bicyclic) bond motifs is 9. The molecular weight excluding hydrogens is 637 g/mol. The summed E-state index contributed by atoms with van der Waals surface area (Å²) in [5, 5.41) is 0. The van der Waals surface area contributed by atoms with E-state index in [4.69, 9.17) is 0 Å². The molecule has 53 heavy (non-hydrogen) atoms. The normalized spacial score (nSPS) is 46.5. The molecule has 0 aromatic rings. The second-order valence-corrected chi connectivity index (χ2v) is 21.4. The van der Waals surface area contributed by atoms with Crippen LogP contribution in [0.1, 0.15) is 243 Å². The Balaban J connectivity index is 0.000000861. The van der Waals surface area contributed by atoms with Crippen molar-refractivity contribution < 1.29 is 0 Å². The van der Waals surface area contributed by atoms with Crippen LogP contribution in [0, 0.1) is 80.8 Å². The lowest BCUT2D eigenvalue weighted by Gasteiger charge is -2.60. The Morgan fingerprint density at radius 2 is 1.02 bits per heavy atom. The number of allylic oxidation sites excluding steroid dienone is 1. The van der Waals surface area contributed by atoms with E-state index < -0.39 is 0 Å². The Kier molecular flexibility index (Phi) is 15.7. The van der Waals surface area contributed by atoms with Crippen LogP contribution < -0.4 is 0 Å². The van der Waals surface area contributed by atoms with Gasteiger partial charge >= 0.3 is 0 Å². The molecule has 0 nitrogen and oxygen atoms in total. The summed E-state index contributed by atoms with van der Waals surface area (Å²) in [5.41, 5.74) is 4.28. The van der Waals surface area contributed by atoms with E-state index in [0.29, 0.717) is 21.7 Å². The summed E-state index contributed by atoms with van der Waals surface area (Å²) in [6.07, 6.45) is 41.0. The van der Waals surface area contributed by atoms with Crippen molar-refractivity contribution in [1.82, 2.24) is 0 Å². The Morgan fingerprint density at radius 3 is 1.72 bits per heavy atom. The van der Waals surface area contributed by atoms with Gasteiger partial charge in [0.1, 0.15) is 0 Å². The number of unbranched alkanes of at least 4 members (excludes halogenated alkanes) is 1. The van der Waals surface area contributed by atoms with E-state index in [-0.39, 0.29) is 0 Å². The third kappa shape index (κ3) is 8.36. The highest BCUT2D eigenvalue weighted by molar-refractivity contribution is 5.10. The van der Waals surface area contributed by atoms with Crippen LogP contribution in [-0.4, -0.2) is 0 Å². The molecule has 0 bridgehead atoms. The molecular formula is C53H96. The van der Waals surface area contributed by atoms with Gasteiger partial charge in [0.25, 0.3) is 0 Å². The van der Waals surface area contributed by atoms with Gasteiger partial charge in [0.2, 0.25) is 0 Å². The summed E-state index contributed by atoms with van der Waals surface area (Å²) in [7, 11) is 0. The smallest absolute Gasteiger partial charge is 0.0266 e. The second-order valence-electron chi connectivity index (χ2n) is 21.4. The molecule has 14 unspecified atom stereocenters. The van der Waals surface area contributed by atoms with Gasteiger partial charge in [-0.3, -0.25) is 0 Å². The van der Waals surface area contributed by atoms with Gasteiger partial charge in [-0.15, -0.1) is 0 Å². The summed E-state index contributed by atoms with van der Waals surface area (Å²) in [4.78, 5) is 0. The fourth-order valence-electron chi connectivity index (χ4n) is 17.0. The standard InChI is InChI=1S/C47H78.3C2H6/c1-33(14-12-18-38-21-22-39-31-34-19-20-35-16-9-11-29-45(35,3)43(34)32-47(38,39)5)13-6-7-15-37-24-26-41-40-25-23-36-17-8-10-28-44(36,2)42(40)27-30-46(37,41)4;3*1-2/h34-43H,1,6-32H2,2-5H3;3*1-2H3. The SMILES string of the molecule is C=C(CCCCC1CCC2C3CCC4CCCCC4(C)C3CCC12C)CCCC1CCC2CC3CCC4CCCCC4(C)C3CC12C.CC.CC.CC. The van der Waals surface area contributed by atoms with Crippen LogP contribution in [-0.2, 0) is 0 Å². The number of hydrogen-bond donors (Lipinski definition) is 0. The molecule has 8 aliphatic rings. The largest absolute Gasteiger partial charge is 0.0999 e. The molecule has 0 heteroatoms. The first-order chi connectivity index (χ1) is 25.6. The Bertz CT molecular complexity index is 1120. The van der Waals surface area contributed by atoms with Crippen LogP contribution in [0.5, 0.6) is 0 Å². The lowest BCUT2D eigenvalue weighted by molar-refractivity contribution is -0.111. The van der Waals surface area contributed by atoms with Gasteiger partial charge in [-0.25, -0.2) is 0 Å². The summed E-state index contributed by atoms with van der Waals surface area (Å²) < 4.78 is 0. The molecule has 0 aliphatic heterocycles. The van der Waals surface area contributed by atoms with Crippen molar-refractivity contribution in [2.75, 3.05) is 0 Å². The van der Waals surface area contributed by atoms with Gasteiger partial charge < -0.3 is 0 Å². The van der Waals surface area contributed by atoms with Gasteiger partial charge in [0.15, 0.2) is 0 Å². The van der Waals surface area contributed by atoms with E-state index in [1.165, 1.54) is 77.0 Å². The summed E-state index contributed by atoms with van der Waals surface area (Å²) >= 11 is 0. The fraction of sp³-hybridized carbons (Fsp3) is 0.962. The maximum absolute atomic E-state index is 4.66. The minimum Gasteiger partial charge on any atom is -0.0999 e. The maximum Gasteiger partial charge on any atom is -0.0266 e. The molecule has 0 aromatic carbocycles. The summed E-state index contributed by atoms with van der Waals surface area (Å²) in [6.45, 7) is 27.8. The summed E-state index contributed by atoms with van der Waals surface area (Å²) in [6, 6.07) is 0. The zero-order chi connectivity index (χ0) is 38.4. The Hall–Kier alpha value is -0.260. The van der Waals surface area contributed by atoms with Crippen LogP contribution in [0.2, 0.25) is 0 Å². The van der Waals surface area contributed by atoms with E-state index in [9.17, 15) is 0 Å². The van der Waals surface area contributed by atoms with Gasteiger partial charge in [-0.2, -0.15) is 0 Å². The molecule has 14 atom stereocenters. The van der Waals surface area contributed by atoms with Crippen LogP contribution in [0.15, 0.2) is 12.2 Å². The maximum atomic E-state index is 4.66. The van der Waals surface area contributed by atoms with Crippen molar-refractivity contribution >= 4 is 0 Å². The molecule has 0 N–H and O–H groups in total. The first-order valence-electron chi connectivity index (χ1n) is 25.3. The van der Waals surface area contributed by atoms with E-state index in [2.05, 4.69) is 34.3 Å². The van der Waals surface area contributed by atoms with Crippen LogP contribution in [0.3, 0.4) is 0 Å². The molecule has 0 amide bonds. The highest BCUT2D eigenvalue weighted by atomic mass is 14.7. The molecule has 8 rings (SSSR count). The quantitative estimate of drug-likeness (QED) is 0.164. The summed E-state index contributed by atoms with van der Waals surface area (Å²) in [5.74, 6) is 10.5. The molecule has 0 radical (unpaired) electrons. The zero-order valence-electron chi connectivity index (χ0n) is 38.1. The van der Waals surface area contributed by atoms with E-state index in [1.807, 2.05) is 41.5 Å². The topological polar surface area (TPSA) is 0 Å². The van der Waals surface area contributed by atoms with E-state index in [0.717, 1.165) is 59.2 Å². The third-order valence-corrected chi connectivity index (χ3v) is 19.9. The predicted octanol–water partition coefficient (Wildman–Crippen LogP) is 17.4. The van der Waals surface area contributed by atoms with Crippen molar-refractivity contribution in [3.8, 4) is 0 Å². The van der Waals surface area contributed by atoms with E-state index >= 15 is 0 Å². The molecule has 0 aromatic heterocycles.